The van der Waals surface area contributed by atoms with Gasteiger partial charge in [0.25, 0.3) is 0 Å². The lowest BCUT2D eigenvalue weighted by Gasteiger charge is -2.23. The van der Waals surface area contributed by atoms with E-state index < -0.39 is 0 Å². The quantitative estimate of drug-likeness (QED) is 0.746. The van der Waals surface area contributed by atoms with Crippen LogP contribution in [-0.4, -0.2) is 37.1 Å². The fourth-order valence-electron chi connectivity index (χ4n) is 3.39. The number of nitrogens with one attached hydrogen (secondary N) is 1. The Morgan fingerprint density at radius 3 is 2.69 bits per heavy atom. The van der Waals surface area contributed by atoms with Crippen molar-refractivity contribution in [3.05, 3.63) is 0 Å². The van der Waals surface area contributed by atoms with Crippen molar-refractivity contribution in [3.63, 3.8) is 0 Å². The van der Waals surface area contributed by atoms with E-state index >= 15 is 0 Å². The monoisotopic (exact) mass is 224 g/mol. The lowest BCUT2D eigenvalue weighted by Crippen LogP contribution is -2.31. The van der Waals surface area contributed by atoms with Crippen LogP contribution in [0.2, 0.25) is 0 Å². The first-order valence-electron chi connectivity index (χ1n) is 7.36. The zero-order chi connectivity index (χ0) is 11.2. The molecule has 0 aromatic rings. The summed E-state index contributed by atoms with van der Waals surface area (Å²) >= 11 is 0. The van der Waals surface area contributed by atoms with Crippen LogP contribution < -0.4 is 5.32 Å². The molecule has 2 fully saturated rings. The van der Waals surface area contributed by atoms with Gasteiger partial charge in [0.1, 0.15) is 0 Å². The molecule has 2 saturated heterocycles. The van der Waals surface area contributed by atoms with Crippen LogP contribution in [-0.2, 0) is 0 Å². The first-order chi connectivity index (χ1) is 7.90. The van der Waals surface area contributed by atoms with E-state index in [4.69, 9.17) is 0 Å². The third-order valence-corrected chi connectivity index (χ3v) is 4.44. The average molecular weight is 224 g/mol. The molecular weight excluding hydrogens is 196 g/mol. The highest BCUT2D eigenvalue weighted by Gasteiger charge is 2.22. The van der Waals surface area contributed by atoms with Gasteiger partial charge in [-0.3, -0.25) is 0 Å². The summed E-state index contributed by atoms with van der Waals surface area (Å²) in [6.07, 6.45) is 9.89. The summed E-state index contributed by atoms with van der Waals surface area (Å²) < 4.78 is 0. The highest BCUT2D eigenvalue weighted by atomic mass is 15.1. The molecular formula is C14H28N2. The summed E-state index contributed by atoms with van der Waals surface area (Å²) in [4.78, 5) is 2.65. The van der Waals surface area contributed by atoms with Gasteiger partial charge in [0.05, 0.1) is 0 Å². The minimum atomic E-state index is 0.837. The maximum atomic E-state index is 3.67. The van der Waals surface area contributed by atoms with Gasteiger partial charge in [0, 0.05) is 6.04 Å². The molecule has 0 radical (unpaired) electrons. The first kappa shape index (κ1) is 12.4. The fraction of sp³-hybridized carbons (Fsp3) is 1.00. The molecule has 0 aromatic carbocycles. The van der Waals surface area contributed by atoms with Crippen LogP contribution in [0.4, 0.5) is 0 Å². The van der Waals surface area contributed by atoms with E-state index in [2.05, 4.69) is 17.1 Å². The molecule has 0 bridgehead atoms. The smallest absolute Gasteiger partial charge is 0.00957 e. The second-order valence-corrected chi connectivity index (χ2v) is 5.56. The average Bonchev–Trinajstić information content (AvgIpc) is 2.96. The molecule has 16 heavy (non-hydrogen) atoms. The van der Waals surface area contributed by atoms with Gasteiger partial charge in [-0.2, -0.15) is 0 Å². The van der Waals surface area contributed by atoms with Gasteiger partial charge in [0.15, 0.2) is 0 Å². The van der Waals surface area contributed by atoms with E-state index in [1.54, 1.807) is 0 Å². The maximum Gasteiger partial charge on any atom is 0.00957 e. The number of hydrogen-bond donors (Lipinski definition) is 1. The van der Waals surface area contributed by atoms with Crippen LogP contribution in [0.5, 0.6) is 0 Å². The number of hydrogen-bond acceptors (Lipinski definition) is 2. The van der Waals surface area contributed by atoms with Crippen molar-refractivity contribution in [2.24, 2.45) is 5.92 Å². The van der Waals surface area contributed by atoms with Gasteiger partial charge in [-0.25, -0.2) is 0 Å². The van der Waals surface area contributed by atoms with E-state index in [1.165, 1.54) is 71.1 Å². The zero-order valence-electron chi connectivity index (χ0n) is 10.9. The molecule has 0 amide bonds. The second kappa shape index (κ2) is 6.61. The van der Waals surface area contributed by atoms with E-state index in [0.29, 0.717) is 0 Å². The minimum Gasteiger partial charge on any atom is -0.314 e. The summed E-state index contributed by atoms with van der Waals surface area (Å²) in [6.45, 7) is 7.69. The zero-order valence-corrected chi connectivity index (χ0v) is 10.9. The van der Waals surface area contributed by atoms with Crippen LogP contribution in [0.3, 0.4) is 0 Å². The standard InChI is InChI=1S/C14H28N2/c1-2-13(14-8-5-9-15-14)7-6-12-16-10-3-4-11-16/h13-15H,2-12H2,1H3. The Bertz CT molecular complexity index is 181. The van der Waals surface area contributed by atoms with Gasteiger partial charge >= 0.3 is 0 Å². The van der Waals surface area contributed by atoms with Crippen LogP contribution in [0.25, 0.3) is 0 Å². The molecule has 2 rings (SSSR count). The van der Waals surface area contributed by atoms with Crippen molar-refractivity contribution >= 4 is 0 Å². The largest absolute Gasteiger partial charge is 0.314 e. The van der Waals surface area contributed by atoms with E-state index in [0.717, 1.165) is 12.0 Å². The summed E-state index contributed by atoms with van der Waals surface area (Å²) in [7, 11) is 0. The van der Waals surface area contributed by atoms with Crippen LogP contribution in [0.1, 0.15) is 51.9 Å². The molecule has 94 valence electrons. The molecule has 0 aliphatic carbocycles. The molecule has 2 heterocycles. The number of likely N-dealkylation sites (tertiary alicyclic amines) is 1. The van der Waals surface area contributed by atoms with Crippen molar-refractivity contribution in [2.45, 2.75) is 57.9 Å². The summed E-state index contributed by atoms with van der Waals surface area (Å²) in [5.41, 5.74) is 0. The van der Waals surface area contributed by atoms with Crippen LogP contribution >= 0.6 is 0 Å². The molecule has 0 aromatic heterocycles. The van der Waals surface area contributed by atoms with Gasteiger partial charge in [-0.05, 0) is 70.6 Å². The van der Waals surface area contributed by atoms with Crippen molar-refractivity contribution in [1.82, 2.24) is 10.2 Å². The van der Waals surface area contributed by atoms with Crippen molar-refractivity contribution in [2.75, 3.05) is 26.2 Å². The van der Waals surface area contributed by atoms with E-state index in [-0.39, 0.29) is 0 Å². The van der Waals surface area contributed by atoms with Gasteiger partial charge in [-0.1, -0.05) is 13.3 Å². The normalized spacial score (nSPS) is 28.7. The summed E-state index contributed by atoms with van der Waals surface area (Å²) in [5, 5.41) is 3.67. The summed E-state index contributed by atoms with van der Waals surface area (Å²) in [5.74, 6) is 0.935. The topological polar surface area (TPSA) is 15.3 Å². The molecule has 2 nitrogen and oxygen atoms in total. The third kappa shape index (κ3) is 3.46. The third-order valence-electron chi connectivity index (χ3n) is 4.44. The molecule has 2 aliphatic rings. The lowest BCUT2D eigenvalue weighted by atomic mass is 9.91. The maximum absolute atomic E-state index is 3.67. The predicted molar refractivity (Wildman–Crippen MR) is 69.7 cm³/mol. The highest BCUT2D eigenvalue weighted by Crippen LogP contribution is 2.23. The number of rotatable bonds is 6. The SMILES string of the molecule is CCC(CCCN1CCCC1)C1CCCN1. The second-order valence-electron chi connectivity index (χ2n) is 5.56. The molecule has 1 N–H and O–H groups in total. The Kier molecular flexibility index (Phi) is 5.11. The van der Waals surface area contributed by atoms with Crippen molar-refractivity contribution in [1.29, 1.82) is 0 Å². The van der Waals surface area contributed by atoms with E-state index in [9.17, 15) is 0 Å². The lowest BCUT2D eigenvalue weighted by molar-refractivity contribution is 0.291. The first-order valence-corrected chi connectivity index (χ1v) is 7.36. The Morgan fingerprint density at radius 1 is 1.25 bits per heavy atom. The molecule has 0 spiro atoms. The molecule has 0 saturated carbocycles. The predicted octanol–water partition coefficient (Wildman–Crippen LogP) is 2.64. The van der Waals surface area contributed by atoms with Crippen molar-refractivity contribution < 1.29 is 0 Å². The van der Waals surface area contributed by atoms with Crippen LogP contribution in [0, 0.1) is 5.92 Å². The Hall–Kier alpha value is -0.0800. The van der Waals surface area contributed by atoms with Gasteiger partial charge in [0.2, 0.25) is 0 Å². The van der Waals surface area contributed by atoms with E-state index in [1.807, 2.05) is 0 Å². The van der Waals surface area contributed by atoms with Crippen LogP contribution in [0.15, 0.2) is 0 Å². The van der Waals surface area contributed by atoms with Gasteiger partial charge in [-0.15, -0.1) is 0 Å². The molecule has 2 heteroatoms. The highest BCUT2D eigenvalue weighted by molar-refractivity contribution is 4.81. The van der Waals surface area contributed by atoms with Crippen molar-refractivity contribution in [3.8, 4) is 0 Å². The minimum absolute atomic E-state index is 0.837. The summed E-state index contributed by atoms with van der Waals surface area (Å²) in [6, 6.07) is 0.837. The molecule has 2 aliphatic heterocycles. The fourth-order valence-corrected chi connectivity index (χ4v) is 3.39. The Labute approximate surface area is 101 Å². The number of nitrogens with zero attached hydrogens (tertiary/aromatic N) is 1. The Morgan fingerprint density at radius 2 is 2.06 bits per heavy atom. The van der Waals surface area contributed by atoms with Gasteiger partial charge < -0.3 is 10.2 Å². The molecule has 2 unspecified atom stereocenters. The Balaban J connectivity index is 1.62. The molecule has 2 atom stereocenters.